The molecule has 128 valence electrons. The highest BCUT2D eigenvalue weighted by atomic mass is 19.1. The van der Waals surface area contributed by atoms with Crippen LogP contribution in [-0.2, 0) is 0 Å². The van der Waals surface area contributed by atoms with E-state index in [1.807, 2.05) is 4.90 Å². The van der Waals surface area contributed by atoms with E-state index < -0.39 is 16.6 Å². The molecule has 4 rings (SSSR count). The molecule has 3 heterocycles. The van der Waals surface area contributed by atoms with Crippen LogP contribution in [0.5, 0.6) is 0 Å². The average molecular weight is 344 g/mol. The number of rotatable bonds is 3. The predicted octanol–water partition coefficient (Wildman–Crippen LogP) is 3.86. The zero-order chi connectivity index (χ0) is 17.6. The van der Waals surface area contributed by atoms with Gasteiger partial charge < -0.3 is 4.90 Å². The minimum absolute atomic E-state index is 0.0884. The van der Waals surface area contributed by atoms with E-state index in [0.29, 0.717) is 24.0 Å². The number of aromatic nitrogens is 2. The van der Waals surface area contributed by atoms with Crippen LogP contribution in [0.2, 0.25) is 0 Å². The predicted molar refractivity (Wildman–Crippen MR) is 87.5 cm³/mol. The Morgan fingerprint density at radius 2 is 2.08 bits per heavy atom. The van der Waals surface area contributed by atoms with Gasteiger partial charge in [0.15, 0.2) is 0 Å². The Labute approximate surface area is 141 Å². The smallest absolute Gasteiger partial charge is 0.314 e. The highest BCUT2D eigenvalue weighted by Gasteiger charge is 2.29. The van der Waals surface area contributed by atoms with Crippen LogP contribution in [0.1, 0.15) is 24.4 Å². The third-order valence-electron chi connectivity index (χ3n) is 4.58. The van der Waals surface area contributed by atoms with Crippen LogP contribution in [0.3, 0.4) is 0 Å². The van der Waals surface area contributed by atoms with E-state index in [-0.39, 0.29) is 11.7 Å². The lowest BCUT2D eigenvalue weighted by molar-refractivity contribution is -0.383. The Kier molecular flexibility index (Phi) is 3.60. The van der Waals surface area contributed by atoms with Gasteiger partial charge in [0.05, 0.1) is 11.0 Å². The number of nitrogens with zero attached hydrogens (tertiary/aromatic N) is 4. The van der Waals surface area contributed by atoms with Crippen molar-refractivity contribution >= 4 is 16.9 Å². The van der Waals surface area contributed by atoms with Crippen LogP contribution in [0.25, 0.3) is 5.52 Å². The molecule has 0 N–H and O–H groups in total. The second kappa shape index (κ2) is 5.80. The molecule has 3 aromatic rings. The first kappa shape index (κ1) is 15.5. The van der Waals surface area contributed by atoms with E-state index in [1.165, 1.54) is 16.8 Å². The molecule has 0 amide bonds. The molecule has 0 aliphatic carbocycles. The van der Waals surface area contributed by atoms with Gasteiger partial charge in [-0.1, -0.05) is 0 Å². The van der Waals surface area contributed by atoms with Gasteiger partial charge in [-0.3, -0.25) is 10.1 Å². The maximum absolute atomic E-state index is 14.2. The fourth-order valence-electron chi connectivity index (χ4n) is 3.44. The number of pyridine rings is 1. The summed E-state index contributed by atoms with van der Waals surface area (Å²) in [6.45, 7) is 0.665. The summed E-state index contributed by atoms with van der Waals surface area (Å²) in [7, 11) is 0. The molecule has 1 atom stereocenters. The van der Waals surface area contributed by atoms with Crippen molar-refractivity contribution in [3.05, 3.63) is 70.0 Å². The number of hydrogen-bond donors (Lipinski definition) is 0. The summed E-state index contributed by atoms with van der Waals surface area (Å²) in [6.07, 6.45) is 4.35. The summed E-state index contributed by atoms with van der Waals surface area (Å²) in [6, 6.07) is 6.59. The zero-order valence-corrected chi connectivity index (χ0v) is 13.1. The lowest BCUT2D eigenvalue weighted by Gasteiger charge is -2.27. The van der Waals surface area contributed by atoms with Crippen LogP contribution in [0.15, 0.2) is 42.7 Å². The fraction of sp³-hybridized carbons (Fsp3) is 0.235. The SMILES string of the molecule is O=[N+]([O-])c1cnn2ccc(N3CCC[C@@H]3c3cc(F)ccc3F)cc12. The molecule has 0 bridgehead atoms. The van der Waals surface area contributed by atoms with Gasteiger partial charge in [0.1, 0.15) is 23.3 Å². The Morgan fingerprint density at radius 3 is 2.88 bits per heavy atom. The Bertz CT molecular complexity index is 972. The van der Waals surface area contributed by atoms with Gasteiger partial charge in [-0.15, -0.1) is 0 Å². The quantitative estimate of drug-likeness (QED) is 0.535. The number of anilines is 1. The summed E-state index contributed by atoms with van der Waals surface area (Å²) in [5.41, 5.74) is 1.31. The first-order chi connectivity index (χ1) is 12.0. The van der Waals surface area contributed by atoms with Gasteiger partial charge in [0.2, 0.25) is 0 Å². The van der Waals surface area contributed by atoms with E-state index >= 15 is 0 Å². The highest BCUT2D eigenvalue weighted by Crippen LogP contribution is 2.38. The van der Waals surface area contributed by atoms with Crippen LogP contribution < -0.4 is 4.90 Å². The third-order valence-corrected chi connectivity index (χ3v) is 4.58. The fourth-order valence-corrected chi connectivity index (χ4v) is 3.44. The number of fused-ring (bicyclic) bond motifs is 1. The Balaban J connectivity index is 1.77. The number of benzene rings is 1. The second-order valence-corrected chi connectivity index (χ2v) is 6.02. The van der Waals surface area contributed by atoms with Gasteiger partial charge in [-0.2, -0.15) is 5.10 Å². The van der Waals surface area contributed by atoms with E-state index in [9.17, 15) is 18.9 Å². The van der Waals surface area contributed by atoms with E-state index in [1.54, 1.807) is 18.3 Å². The van der Waals surface area contributed by atoms with Gasteiger partial charge in [-0.25, -0.2) is 13.3 Å². The largest absolute Gasteiger partial charge is 0.364 e. The minimum atomic E-state index is -0.486. The topological polar surface area (TPSA) is 63.7 Å². The molecule has 8 heteroatoms. The van der Waals surface area contributed by atoms with Crippen LogP contribution >= 0.6 is 0 Å². The molecule has 1 aliphatic heterocycles. The summed E-state index contributed by atoms with van der Waals surface area (Å²) in [4.78, 5) is 12.6. The van der Waals surface area contributed by atoms with Crippen molar-refractivity contribution in [3.63, 3.8) is 0 Å². The monoisotopic (exact) mass is 344 g/mol. The molecule has 0 spiro atoms. The normalized spacial score (nSPS) is 17.4. The van der Waals surface area contributed by atoms with Gasteiger partial charge >= 0.3 is 5.69 Å². The highest BCUT2D eigenvalue weighted by molar-refractivity contribution is 5.70. The number of nitro groups is 1. The molecule has 0 radical (unpaired) electrons. The number of halogens is 2. The van der Waals surface area contributed by atoms with Crippen molar-refractivity contribution < 1.29 is 13.7 Å². The maximum atomic E-state index is 14.2. The van der Waals surface area contributed by atoms with Crippen LogP contribution in [-0.4, -0.2) is 21.1 Å². The summed E-state index contributed by atoms with van der Waals surface area (Å²) in [5.74, 6) is -0.931. The van der Waals surface area contributed by atoms with Gasteiger partial charge in [-0.05, 0) is 43.2 Å². The van der Waals surface area contributed by atoms with Crippen LogP contribution in [0.4, 0.5) is 20.2 Å². The zero-order valence-electron chi connectivity index (χ0n) is 13.1. The van der Waals surface area contributed by atoms with Crippen molar-refractivity contribution in [2.75, 3.05) is 11.4 Å². The molecule has 1 saturated heterocycles. The Morgan fingerprint density at radius 1 is 1.24 bits per heavy atom. The average Bonchev–Trinajstić information content (AvgIpc) is 3.22. The standard InChI is InChI=1S/C17H14F2N4O2/c18-11-3-4-14(19)13(8-11)15-2-1-6-21(15)12-5-7-22-16(9-12)17(10-20-22)23(24)25/h3-5,7-10,15H,1-2,6H2/t15-/m1/s1. The lowest BCUT2D eigenvalue weighted by atomic mass is 10.0. The lowest BCUT2D eigenvalue weighted by Crippen LogP contribution is -2.23. The maximum Gasteiger partial charge on any atom is 0.314 e. The molecule has 0 unspecified atom stereocenters. The van der Waals surface area contributed by atoms with Crippen molar-refractivity contribution in [2.45, 2.75) is 18.9 Å². The first-order valence-corrected chi connectivity index (χ1v) is 7.88. The number of hydrogen-bond acceptors (Lipinski definition) is 4. The molecular weight excluding hydrogens is 330 g/mol. The molecule has 25 heavy (non-hydrogen) atoms. The van der Waals surface area contributed by atoms with Crippen molar-refractivity contribution in [1.82, 2.24) is 9.61 Å². The Hall–Kier alpha value is -3.03. The first-order valence-electron chi connectivity index (χ1n) is 7.88. The van der Waals surface area contributed by atoms with E-state index in [0.717, 1.165) is 24.2 Å². The molecular formula is C17H14F2N4O2. The molecule has 6 nitrogen and oxygen atoms in total. The van der Waals surface area contributed by atoms with Gasteiger partial charge in [0, 0.05) is 24.0 Å². The third kappa shape index (κ3) is 2.59. The second-order valence-electron chi connectivity index (χ2n) is 6.02. The summed E-state index contributed by atoms with van der Waals surface area (Å²) < 4.78 is 29.2. The molecule has 1 fully saturated rings. The van der Waals surface area contributed by atoms with Crippen molar-refractivity contribution in [2.24, 2.45) is 0 Å². The molecule has 1 aromatic carbocycles. The van der Waals surface area contributed by atoms with Gasteiger partial charge in [0.25, 0.3) is 0 Å². The van der Waals surface area contributed by atoms with Crippen LogP contribution in [0, 0.1) is 21.7 Å². The van der Waals surface area contributed by atoms with E-state index in [4.69, 9.17) is 0 Å². The van der Waals surface area contributed by atoms with Crippen molar-refractivity contribution in [1.29, 1.82) is 0 Å². The summed E-state index contributed by atoms with van der Waals surface area (Å²) in [5, 5.41) is 15.1. The molecule has 2 aromatic heterocycles. The molecule has 1 aliphatic rings. The minimum Gasteiger partial charge on any atom is -0.364 e. The van der Waals surface area contributed by atoms with Crippen molar-refractivity contribution in [3.8, 4) is 0 Å². The summed E-state index contributed by atoms with van der Waals surface area (Å²) >= 11 is 0. The van der Waals surface area contributed by atoms with E-state index in [2.05, 4.69) is 5.10 Å². The molecule has 0 saturated carbocycles.